The van der Waals surface area contributed by atoms with Crippen LogP contribution in [0, 0.1) is 41.4 Å². The summed E-state index contributed by atoms with van der Waals surface area (Å²) in [4.78, 5) is 191. The Morgan fingerprint density at radius 2 is 0.952 bits per heavy atom. The van der Waals surface area contributed by atoms with Crippen molar-refractivity contribution in [2.24, 2.45) is 41.4 Å². The predicted molar refractivity (Wildman–Crippen MR) is 389 cm³/mol. The summed E-state index contributed by atoms with van der Waals surface area (Å²) in [5, 5.41) is 32.4. The highest BCUT2D eigenvalue weighted by Gasteiger charge is 2.46. The average Bonchev–Trinajstić information content (AvgIpc) is 0.808. The molecule has 0 bridgehead atoms. The molecule has 4 rings (SSSR count). The third-order valence-corrected chi connectivity index (χ3v) is 21.7. The normalized spacial score (nSPS) is 27.4. The van der Waals surface area contributed by atoms with E-state index in [0.717, 1.165) is 77.4 Å². The number of piperidine rings is 1. The molecule has 6 N–H and O–H groups in total. The molecule has 2 aliphatic heterocycles. The Hall–Kier alpha value is -6.69. The Morgan fingerprint density at radius 3 is 1.46 bits per heavy atom. The summed E-state index contributed by atoms with van der Waals surface area (Å²) in [6.45, 7) is 16.3. The lowest BCUT2D eigenvalue weighted by atomic mass is 9.83. The molecule has 1 unspecified atom stereocenters. The largest absolute Gasteiger partial charge is 0.416 e. The Morgan fingerprint density at radius 1 is 0.495 bits per heavy atom. The van der Waals surface area contributed by atoms with E-state index in [1.807, 2.05) is 20.8 Å². The minimum atomic E-state index is -5.16. The van der Waals surface area contributed by atoms with Crippen molar-refractivity contribution >= 4 is 70.9 Å². The standard InChI is InChI=1S/C75H129F3N12O15/c1-19-48(10)64-68(98)82-62(49(11)91)74(104)83(12)41-61(94)84(13)55(36-45(4)5)65(95)80-53(71(101)90-33-27-22-28-34-90)40-60(93)88(17)63(47(8)9)67(97)81-54(42-105-43-59(92)75(76,77)78)70(100)86(15)57(37-46(6)7)72(102)85(14)56(38-50-29-23-20-24-30-50)66(96)79-52(35-44(2)3)69(99)87(16)58(73(103)89(64)18)39-51-31-25-21-26-32-51/h44-59,62-64,91-92H,19-43H2,1-18H3,(H,79,96)(H,80,95)(H,81,97)(H,82,98)/t48-,49+,52-,53-,54-,55-,56-,57-,58-,59?,62-,63-,64-/m0/s1. The van der Waals surface area contributed by atoms with Gasteiger partial charge in [0.15, 0.2) is 6.10 Å². The second-order valence-electron chi connectivity index (χ2n) is 32.0. The van der Waals surface area contributed by atoms with Gasteiger partial charge in [-0.15, -0.1) is 0 Å². The van der Waals surface area contributed by atoms with Crippen LogP contribution < -0.4 is 21.3 Å². The SMILES string of the molecule is CC[C@H](C)[C@H]1C(=O)N[C@@H]([C@@H](C)O)C(=O)N(C)CC(=O)N(C)[C@@H](CC(C)C)C(=O)N[C@H](C(=O)N2CCCCC2)CC(=O)N(C)[C@@H](C(C)C)C(=O)N[C@@H](COCC(O)C(F)(F)F)C(=O)N(C)[C@@H](CC(C)C)C(=O)N(C)[C@@H](CC2CCCCC2)C(=O)N[C@@H](CC(C)C)C(=O)N(C)[C@@H](CC2CCCCC2)C(=O)N1C. The summed E-state index contributed by atoms with van der Waals surface area (Å²) < 4.78 is 46.8. The predicted octanol–water partition coefficient (Wildman–Crippen LogP) is 4.86. The van der Waals surface area contributed by atoms with E-state index in [1.165, 1.54) is 75.9 Å². The van der Waals surface area contributed by atoms with E-state index < -0.39 is 188 Å². The number of amides is 12. The molecule has 4 aliphatic rings. The van der Waals surface area contributed by atoms with Gasteiger partial charge in [0.25, 0.3) is 0 Å². The van der Waals surface area contributed by atoms with Crippen molar-refractivity contribution in [1.82, 2.24) is 60.5 Å². The molecule has 600 valence electrons. The van der Waals surface area contributed by atoms with Crippen molar-refractivity contribution < 1.29 is 85.7 Å². The Bertz CT molecular complexity index is 2900. The number of halogens is 3. The number of hydrogen-bond donors (Lipinski definition) is 6. The lowest BCUT2D eigenvalue weighted by molar-refractivity contribution is -0.217. The van der Waals surface area contributed by atoms with Gasteiger partial charge in [-0.1, -0.05) is 140 Å². The van der Waals surface area contributed by atoms with Gasteiger partial charge in [-0.05, 0) is 99.7 Å². The van der Waals surface area contributed by atoms with Crippen LogP contribution in [0.15, 0.2) is 0 Å². The third-order valence-electron chi connectivity index (χ3n) is 21.7. The van der Waals surface area contributed by atoms with Gasteiger partial charge in [0.1, 0.15) is 60.4 Å². The van der Waals surface area contributed by atoms with Gasteiger partial charge < -0.3 is 75.4 Å². The zero-order chi connectivity index (χ0) is 79.2. The number of carbonyl (C=O) groups is 12. The number of ether oxygens (including phenoxy) is 1. The average molecular weight is 1500 g/mol. The molecule has 30 heteroatoms. The third kappa shape index (κ3) is 26.3. The fraction of sp³-hybridized carbons (Fsp3) is 0.840. The van der Waals surface area contributed by atoms with Crippen molar-refractivity contribution in [3.8, 4) is 0 Å². The molecular formula is C75H129F3N12O15. The van der Waals surface area contributed by atoms with E-state index in [9.17, 15) is 52.2 Å². The summed E-state index contributed by atoms with van der Waals surface area (Å²) in [5.74, 6) is -11.9. The molecule has 13 atom stereocenters. The maximum absolute atomic E-state index is 15.6. The van der Waals surface area contributed by atoms with E-state index in [-0.39, 0.29) is 74.8 Å². The van der Waals surface area contributed by atoms with Crippen molar-refractivity contribution in [3.05, 3.63) is 0 Å². The van der Waals surface area contributed by atoms with Gasteiger partial charge in [-0.25, -0.2) is 0 Å². The summed E-state index contributed by atoms with van der Waals surface area (Å²) in [6, 6.07) is -14.5. The van der Waals surface area contributed by atoms with Crippen molar-refractivity contribution in [2.75, 3.05) is 82.2 Å². The summed E-state index contributed by atoms with van der Waals surface area (Å²) in [6.07, 6.45) is 0.528. The first-order valence-corrected chi connectivity index (χ1v) is 38.4. The van der Waals surface area contributed by atoms with Gasteiger partial charge in [0.2, 0.25) is 70.9 Å². The monoisotopic (exact) mass is 1490 g/mol. The molecule has 105 heavy (non-hydrogen) atoms. The number of likely N-dealkylation sites (tertiary alicyclic amines) is 1. The first-order chi connectivity index (χ1) is 49.0. The number of hydrogen-bond acceptors (Lipinski definition) is 15. The molecule has 0 aromatic rings. The molecule has 0 aromatic heterocycles. The molecule has 4 fully saturated rings. The summed E-state index contributed by atoms with van der Waals surface area (Å²) in [7, 11) is 9.45. The van der Waals surface area contributed by atoms with Crippen molar-refractivity contribution in [1.29, 1.82) is 0 Å². The molecule has 0 aromatic carbocycles. The molecule has 2 saturated heterocycles. The fourth-order valence-electron chi connectivity index (χ4n) is 15.1. The number of rotatable bonds is 19. The van der Waals surface area contributed by atoms with Gasteiger partial charge in [-0.3, -0.25) is 57.5 Å². The lowest BCUT2D eigenvalue weighted by Crippen LogP contribution is -2.63. The van der Waals surface area contributed by atoms with Crippen LogP contribution in [0.1, 0.15) is 205 Å². The van der Waals surface area contributed by atoms with Crippen LogP contribution in [0.2, 0.25) is 0 Å². The molecule has 0 spiro atoms. The molecular weight excluding hydrogens is 1370 g/mol. The highest BCUT2D eigenvalue weighted by atomic mass is 19.4. The lowest BCUT2D eigenvalue weighted by Gasteiger charge is -2.40. The highest BCUT2D eigenvalue weighted by Crippen LogP contribution is 2.33. The number of aliphatic hydroxyl groups excluding tert-OH is 2. The number of likely N-dealkylation sites (N-methyl/N-ethyl adjacent to an activating group) is 7. The van der Waals surface area contributed by atoms with E-state index in [2.05, 4.69) is 21.3 Å². The minimum Gasteiger partial charge on any atom is -0.391 e. The van der Waals surface area contributed by atoms with Gasteiger partial charge in [0, 0.05) is 62.4 Å². The quantitative estimate of drug-likeness (QED) is 0.101. The highest BCUT2D eigenvalue weighted by molar-refractivity contribution is 6.00. The Labute approximate surface area is 621 Å². The summed E-state index contributed by atoms with van der Waals surface area (Å²) in [5.41, 5.74) is 0. The molecule has 2 aliphatic carbocycles. The number of carbonyl (C=O) groups excluding carboxylic acids is 12. The summed E-state index contributed by atoms with van der Waals surface area (Å²) >= 11 is 0. The molecule has 0 radical (unpaired) electrons. The molecule has 27 nitrogen and oxygen atoms in total. The van der Waals surface area contributed by atoms with E-state index in [4.69, 9.17) is 4.74 Å². The van der Waals surface area contributed by atoms with Crippen LogP contribution in [0.5, 0.6) is 0 Å². The number of aliphatic hydroxyl groups is 2. The number of nitrogens with zero attached hydrogens (tertiary/aromatic N) is 8. The maximum Gasteiger partial charge on any atom is 0.416 e. The van der Waals surface area contributed by atoms with E-state index >= 15 is 28.8 Å². The maximum atomic E-state index is 15.6. The van der Waals surface area contributed by atoms with Gasteiger partial charge in [0.05, 0.1) is 32.3 Å². The Kier molecular flexibility index (Phi) is 36.4. The van der Waals surface area contributed by atoms with Crippen LogP contribution in [0.25, 0.3) is 0 Å². The van der Waals surface area contributed by atoms with E-state index in [1.54, 1.807) is 48.5 Å². The first-order valence-electron chi connectivity index (χ1n) is 38.4. The smallest absolute Gasteiger partial charge is 0.391 e. The topological polar surface area (TPSA) is 329 Å². The van der Waals surface area contributed by atoms with Crippen LogP contribution >= 0.6 is 0 Å². The van der Waals surface area contributed by atoms with Gasteiger partial charge in [-0.2, -0.15) is 13.2 Å². The minimum absolute atomic E-state index is 0.00786. The van der Waals surface area contributed by atoms with Crippen LogP contribution in [-0.2, 0) is 62.3 Å². The molecule has 2 saturated carbocycles. The zero-order valence-electron chi connectivity index (χ0n) is 66.1. The second kappa shape index (κ2) is 42.2. The molecule has 12 amide bonds. The Balaban J connectivity index is 2.02. The van der Waals surface area contributed by atoms with Crippen molar-refractivity contribution in [2.45, 2.75) is 283 Å². The van der Waals surface area contributed by atoms with Crippen molar-refractivity contribution in [3.63, 3.8) is 0 Å². The fourth-order valence-corrected chi connectivity index (χ4v) is 15.1. The van der Waals surface area contributed by atoms with Crippen LogP contribution in [-0.4, -0.2) is 281 Å². The van der Waals surface area contributed by atoms with Crippen LogP contribution in [0.3, 0.4) is 0 Å². The number of nitrogens with one attached hydrogen (secondary N) is 4. The van der Waals surface area contributed by atoms with Crippen LogP contribution in [0.4, 0.5) is 13.2 Å². The first kappa shape index (κ1) is 90.7. The molecule has 2 heterocycles. The van der Waals surface area contributed by atoms with Gasteiger partial charge >= 0.3 is 6.18 Å². The second-order valence-corrected chi connectivity index (χ2v) is 32.0. The zero-order valence-corrected chi connectivity index (χ0v) is 66.1. The number of alkyl halides is 3. The van der Waals surface area contributed by atoms with E-state index in [0.29, 0.717) is 32.1 Å².